The summed E-state index contributed by atoms with van der Waals surface area (Å²) in [5, 5.41) is 6.96. The molecule has 0 saturated carbocycles. The van der Waals surface area contributed by atoms with Crippen molar-refractivity contribution < 1.29 is 14.1 Å². The Labute approximate surface area is 197 Å². The molecule has 3 aromatic carbocycles. The van der Waals surface area contributed by atoms with Gasteiger partial charge in [0.25, 0.3) is 5.89 Å². The molecule has 1 atom stereocenters. The van der Waals surface area contributed by atoms with Gasteiger partial charge in [-0.3, -0.25) is 9.59 Å². The van der Waals surface area contributed by atoms with Crippen LogP contribution in [0.4, 0.5) is 5.69 Å². The summed E-state index contributed by atoms with van der Waals surface area (Å²) in [5.41, 5.74) is 4.53. The number of rotatable bonds is 6. The van der Waals surface area contributed by atoms with Gasteiger partial charge in [0.2, 0.25) is 17.6 Å². The number of carbonyl (C=O) groups excluding carboxylic acids is 2. The number of nitrogens with one attached hydrogen (secondary N) is 1. The normalized spacial score (nSPS) is 15.5. The fourth-order valence-corrected chi connectivity index (χ4v) is 4.00. The molecule has 5 rings (SSSR count). The highest BCUT2D eigenvalue weighted by atomic mass is 16.5. The molecule has 0 unspecified atom stereocenters. The molecule has 1 aliphatic rings. The molecule has 2 amide bonds. The highest BCUT2D eigenvalue weighted by Crippen LogP contribution is 2.25. The zero-order valence-corrected chi connectivity index (χ0v) is 18.8. The minimum Gasteiger partial charge on any atom is -0.338 e. The molecule has 1 aromatic heterocycles. The molecule has 7 heteroatoms. The van der Waals surface area contributed by atoms with Crippen molar-refractivity contribution in [1.82, 2.24) is 15.0 Å². The third-order valence-corrected chi connectivity index (χ3v) is 5.94. The van der Waals surface area contributed by atoms with Crippen LogP contribution in [0.5, 0.6) is 0 Å². The monoisotopic (exact) mass is 452 g/mol. The van der Waals surface area contributed by atoms with Gasteiger partial charge in [-0.2, -0.15) is 4.98 Å². The predicted octanol–water partition coefficient (Wildman–Crippen LogP) is 4.70. The van der Waals surface area contributed by atoms with Crippen LogP contribution in [-0.4, -0.2) is 33.4 Å². The fraction of sp³-hybridized carbons (Fsp3) is 0.185. The number of nitrogens with zero attached hydrogens (tertiary/aromatic N) is 3. The Hall–Kier alpha value is -4.26. The number of hydrogen-bond acceptors (Lipinski definition) is 5. The maximum Gasteiger partial charge on any atom is 0.258 e. The highest BCUT2D eigenvalue weighted by Gasteiger charge is 2.34. The maximum atomic E-state index is 12.8. The van der Waals surface area contributed by atoms with Crippen molar-refractivity contribution in [3.8, 4) is 22.8 Å². The Balaban J connectivity index is 1.20. The van der Waals surface area contributed by atoms with E-state index in [9.17, 15) is 9.59 Å². The Morgan fingerprint density at radius 3 is 2.47 bits per heavy atom. The second-order valence-corrected chi connectivity index (χ2v) is 8.52. The Bertz CT molecular complexity index is 1300. The first kappa shape index (κ1) is 21.6. The third-order valence-electron chi connectivity index (χ3n) is 5.94. The summed E-state index contributed by atoms with van der Waals surface area (Å²) in [7, 11) is 0. The number of likely N-dealkylation sites (tertiary alicyclic amines) is 1. The number of anilines is 1. The Morgan fingerprint density at radius 2 is 1.74 bits per heavy atom. The predicted molar refractivity (Wildman–Crippen MR) is 129 cm³/mol. The van der Waals surface area contributed by atoms with Crippen molar-refractivity contribution in [3.63, 3.8) is 0 Å². The summed E-state index contributed by atoms with van der Waals surface area (Å²) in [6.07, 6.45) is 0.222. The number of aromatic nitrogens is 2. The highest BCUT2D eigenvalue weighted by molar-refractivity contribution is 5.97. The summed E-state index contributed by atoms with van der Waals surface area (Å²) >= 11 is 0. The van der Waals surface area contributed by atoms with Crippen LogP contribution < -0.4 is 5.32 Å². The van der Waals surface area contributed by atoms with E-state index in [-0.39, 0.29) is 24.2 Å². The van der Waals surface area contributed by atoms with Gasteiger partial charge >= 0.3 is 0 Å². The summed E-state index contributed by atoms with van der Waals surface area (Å²) in [6.45, 7) is 2.97. The van der Waals surface area contributed by atoms with Crippen molar-refractivity contribution in [1.29, 1.82) is 0 Å². The van der Waals surface area contributed by atoms with E-state index in [1.165, 1.54) is 5.56 Å². The van der Waals surface area contributed by atoms with Gasteiger partial charge in [-0.05, 0) is 36.8 Å². The van der Waals surface area contributed by atoms with Gasteiger partial charge < -0.3 is 14.7 Å². The lowest BCUT2D eigenvalue weighted by atomic mass is 10.1. The molecule has 2 heterocycles. The van der Waals surface area contributed by atoms with Crippen molar-refractivity contribution in [3.05, 3.63) is 90.0 Å². The van der Waals surface area contributed by atoms with Crippen LogP contribution in [0, 0.1) is 12.8 Å². The lowest BCUT2D eigenvalue weighted by molar-refractivity contribution is -0.128. The molecule has 34 heavy (non-hydrogen) atoms. The lowest BCUT2D eigenvalue weighted by Crippen LogP contribution is -2.28. The first-order chi connectivity index (χ1) is 16.5. The molecular weight excluding hydrogens is 428 g/mol. The molecule has 1 saturated heterocycles. The van der Waals surface area contributed by atoms with Crippen molar-refractivity contribution in [2.75, 3.05) is 11.9 Å². The minimum atomic E-state index is -0.373. The average molecular weight is 453 g/mol. The van der Waals surface area contributed by atoms with Crippen LogP contribution in [0.15, 0.2) is 83.4 Å². The first-order valence-electron chi connectivity index (χ1n) is 11.2. The van der Waals surface area contributed by atoms with Crippen molar-refractivity contribution >= 4 is 17.5 Å². The molecule has 0 radical (unpaired) electrons. The molecule has 7 nitrogen and oxygen atoms in total. The van der Waals surface area contributed by atoms with Crippen LogP contribution in [-0.2, 0) is 16.1 Å². The quantitative estimate of drug-likeness (QED) is 0.458. The molecule has 1 aliphatic heterocycles. The third kappa shape index (κ3) is 4.73. The van der Waals surface area contributed by atoms with Crippen LogP contribution in [0.2, 0.25) is 0 Å². The van der Waals surface area contributed by atoms with E-state index in [4.69, 9.17) is 4.52 Å². The van der Waals surface area contributed by atoms with Gasteiger partial charge in [0.1, 0.15) is 0 Å². The average Bonchev–Trinajstić information content (AvgIpc) is 3.49. The number of hydrogen-bond donors (Lipinski definition) is 1. The number of carbonyl (C=O) groups is 2. The van der Waals surface area contributed by atoms with Gasteiger partial charge in [0.05, 0.1) is 5.92 Å². The van der Waals surface area contributed by atoms with E-state index in [0.29, 0.717) is 30.5 Å². The number of amides is 2. The van der Waals surface area contributed by atoms with E-state index in [1.807, 2.05) is 73.7 Å². The van der Waals surface area contributed by atoms with Gasteiger partial charge in [0, 0.05) is 36.3 Å². The summed E-state index contributed by atoms with van der Waals surface area (Å²) in [4.78, 5) is 31.4. The SMILES string of the molecule is Cc1ccc(CN2C[C@H](C(=O)Nc3ccc(-c4nc(-c5ccccc5)no4)cc3)CC2=O)cc1. The van der Waals surface area contributed by atoms with Crippen LogP contribution >= 0.6 is 0 Å². The molecule has 170 valence electrons. The first-order valence-corrected chi connectivity index (χ1v) is 11.2. The van der Waals surface area contributed by atoms with E-state index >= 15 is 0 Å². The van der Waals surface area contributed by atoms with Crippen LogP contribution in [0.25, 0.3) is 22.8 Å². The zero-order chi connectivity index (χ0) is 23.5. The maximum absolute atomic E-state index is 12.8. The molecule has 0 spiro atoms. The van der Waals surface area contributed by atoms with Crippen molar-refractivity contribution in [2.45, 2.75) is 19.9 Å². The van der Waals surface area contributed by atoms with Gasteiger partial charge in [-0.1, -0.05) is 65.3 Å². The number of benzene rings is 3. The van der Waals surface area contributed by atoms with E-state index < -0.39 is 0 Å². The minimum absolute atomic E-state index is 0.00156. The molecule has 1 N–H and O–H groups in total. The standard InChI is InChI=1S/C27H24N4O3/c1-18-7-9-19(10-8-18)16-31-17-22(15-24(31)32)26(33)28-23-13-11-21(12-14-23)27-29-25(30-34-27)20-5-3-2-4-6-20/h2-14,22H,15-17H2,1H3,(H,28,33)/t22-/m1/s1. The second-order valence-electron chi connectivity index (χ2n) is 8.52. The Morgan fingerprint density at radius 1 is 1.00 bits per heavy atom. The van der Waals surface area contributed by atoms with E-state index in [1.54, 1.807) is 17.0 Å². The fourth-order valence-electron chi connectivity index (χ4n) is 4.00. The lowest BCUT2D eigenvalue weighted by Gasteiger charge is -2.17. The van der Waals surface area contributed by atoms with E-state index in [2.05, 4.69) is 15.5 Å². The molecule has 1 fully saturated rings. The zero-order valence-electron chi connectivity index (χ0n) is 18.8. The van der Waals surface area contributed by atoms with Gasteiger partial charge in [-0.25, -0.2) is 0 Å². The summed E-state index contributed by atoms with van der Waals surface area (Å²) in [6, 6.07) is 24.9. The molecular formula is C27H24N4O3. The number of aryl methyl sites for hydroxylation is 1. The van der Waals surface area contributed by atoms with Crippen LogP contribution in [0.3, 0.4) is 0 Å². The van der Waals surface area contributed by atoms with Gasteiger partial charge in [0.15, 0.2) is 0 Å². The van der Waals surface area contributed by atoms with E-state index in [0.717, 1.165) is 16.7 Å². The summed E-state index contributed by atoms with van der Waals surface area (Å²) < 4.78 is 5.39. The largest absolute Gasteiger partial charge is 0.338 e. The topological polar surface area (TPSA) is 88.3 Å². The van der Waals surface area contributed by atoms with Crippen LogP contribution in [0.1, 0.15) is 17.5 Å². The molecule has 0 bridgehead atoms. The molecule has 0 aliphatic carbocycles. The summed E-state index contributed by atoms with van der Waals surface area (Å²) in [5.74, 6) is 0.402. The Kier molecular flexibility index (Phi) is 5.91. The molecule has 4 aromatic rings. The second kappa shape index (κ2) is 9.31. The van der Waals surface area contributed by atoms with Crippen molar-refractivity contribution in [2.24, 2.45) is 5.92 Å². The smallest absolute Gasteiger partial charge is 0.258 e. The van der Waals surface area contributed by atoms with Gasteiger partial charge in [-0.15, -0.1) is 0 Å².